The smallest absolute Gasteiger partial charge is 0.264 e. The molecular formula is C37H41Cl2N3O4S. The van der Waals surface area contributed by atoms with E-state index in [9.17, 15) is 18.0 Å². The predicted octanol–water partition coefficient (Wildman–Crippen LogP) is 7.67. The molecule has 10 heteroatoms. The van der Waals surface area contributed by atoms with E-state index in [0.29, 0.717) is 33.3 Å². The molecule has 0 heterocycles. The van der Waals surface area contributed by atoms with Crippen molar-refractivity contribution in [2.24, 2.45) is 0 Å². The van der Waals surface area contributed by atoms with Crippen molar-refractivity contribution in [1.82, 2.24) is 10.2 Å². The third-order valence-corrected chi connectivity index (χ3v) is 10.6. The maximum atomic E-state index is 14.7. The summed E-state index contributed by atoms with van der Waals surface area (Å²) in [6.07, 6.45) is 0.907. The Labute approximate surface area is 288 Å². The van der Waals surface area contributed by atoms with Gasteiger partial charge in [-0.3, -0.25) is 13.9 Å². The first-order chi connectivity index (χ1) is 22.3. The van der Waals surface area contributed by atoms with E-state index in [0.717, 1.165) is 21.0 Å². The molecule has 7 nitrogen and oxygen atoms in total. The lowest BCUT2D eigenvalue weighted by molar-refractivity contribution is -0.140. The van der Waals surface area contributed by atoms with Gasteiger partial charge in [0.15, 0.2) is 0 Å². The van der Waals surface area contributed by atoms with E-state index in [4.69, 9.17) is 23.2 Å². The van der Waals surface area contributed by atoms with Crippen molar-refractivity contribution in [2.45, 2.75) is 71.0 Å². The molecule has 47 heavy (non-hydrogen) atoms. The Bertz CT molecular complexity index is 1820. The Morgan fingerprint density at radius 3 is 2.09 bits per heavy atom. The molecular weight excluding hydrogens is 653 g/mol. The number of carbonyl (C=O) groups is 2. The highest BCUT2D eigenvalue weighted by molar-refractivity contribution is 7.92. The number of sulfonamides is 1. The SMILES string of the molecule is CC[C@@H](C)NC(=O)[C@H](Cc1ccccc1)N(Cc1ccc(Cl)c(Cl)c1)C(=O)CN(c1ccc(C)cc1C)S(=O)(=O)c1ccc(C)cc1. The van der Waals surface area contributed by atoms with Crippen LogP contribution in [-0.2, 0) is 32.6 Å². The number of hydrogen-bond acceptors (Lipinski definition) is 4. The van der Waals surface area contributed by atoms with Crippen LogP contribution in [0, 0.1) is 20.8 Å². The summed E-state index contributed by atoms with van der Waals surface area (Å²) in [6, 6.07) is 25.3. The molecule has 4 aromatic carbocycles. The van der Waals surface area contributed by atoms with Crippen LogP contribution in [-0.4, -0.2) is 43.8 Å². The van der Waals surface area contributed by atoms with Crippen LogP contribution < -0.4 is 9.62 Å². The number of amides is 2. The van der Waals surface area contributed by atoms with Crippen molar-refractivity contribution >= 4 is 50.7 Å². The van der Waals surface area contributed by atoms with Gasteiger partial charge in [-0.2, -0.15) is 0 Å². The zero-order valence-corrected chi connectivity index (χ0v) is 29.7. The maximum absolute atomic E-state index is 14.7. The van der Waals surface area contributed by atoms with Crippen molar-refractivity contribution in [3.05, 3.63) is 129 Å². The molecule has 0 aliphatic rings. The van der Waals surface area contributed by atoms with Gasteiger partial charge in [0.25, 0.3) is 10.0 Å². The number of aryl methyl sites for hydroxylation is 3. The average Bonchev–Trinajstić information content (AvgIpc) is 3.04. The third-order valence-electron chi connectivity index (χ3n) is 8.12. The number of hydrogen-bond donors (Lipinski definition) is 1. The first-order valence-corrected chi connectivity index (χ1v) is 17.7. The van der Waals surface area contributed by atoms with Crippen LogP contribution in [0.25, 0.3) is 0 Å². The van der Waals surface area contributed by atoms with E-state index < -0.39 is 28.5 Å². The molecule has 248 valence electrons. The Morgan fingerprint density at radius 2 is 1.47 bits per heavy atom. The zero-order chi connectivity index (χ0) is 34.3. The van der Waals surface area contributed by atoms with Crippen LogP contribution in [0.5, 0.6) is 0 Å². The van der Waals surface area contributed by atoms with Gasteiger partial charge in [-0.05, 0) is 81.1 Å². The van der Waals surface area contributed by atoms with Gasteiger partial charge in [0.1, 0.15) is 12.6 Å². The lowest BCUT2D eigenvalue weighted by Crippen LogP contribution is -2.54. The van der Waals surface area contributed by atoms with Crippen LogP contribution in [0.4, 0.5) is 5.69 Å². The molecule has 4 aromatic rings. The van der Waals surface area contributed by atoms with Crippen LogP contribution >= 0.6 is 23.2 Å². The molecule has 0 aromatic heterocycles. The van der Waals surface area contributed by atoms with Crippen LogP contribution in [0.1, 0.15) is 48.1 Å². The second kappa shape index (κ2) is 15.8. The minimum atomic E-state index is -4.20. The second-order valence-electron chi connectivity index (χ2n) is 11.9. The van der Waals surface area contributed by atoms with Gasteiger partial charge >= 0.3 is 0 Å². The lowest BCUT2D eigenvalue weighted by Gasteiger charge is -2.34. The summed E-state index contributed by atoms with van der Waals surface area (Å²) in [4.78, 5) is 30.2. The van der Waals surface area contributed by atoms with Gasteiger partial charge in [-0.1, -0.05) is 102 Å². The van der Waals surface area contributed by atoms with Gasteiger partial charge < -0.3 is 10.2 Å². The lowest BCUT2D eigenvalue weighted by atomic mass is 10.0. The summed E-state index contributed by atoms with van der Waals surface area (Å²) >= 11 is 12.6. The number of nitrogens with zero attached hydrogens (tertiary/aromatic N) is 2. The predicted molar refractivity (Wildman–Crippen MR) is 190 cm³/mol. The van der Waals surface area contributed by atoms with E-state index >= 15 is 0 Å². The standard InChI is InChI=1S/C37H41Cl2N3O4S/c1-6-28(5)40-37(44)35(22-29-10-8-7-9-11-29)41(23-30-15-18-32(38)33(39)21-30)36(43)24-42(34-19-14-26(3)20-27(34)4)47(45,46)31-16-12-25(2)13-17-31/h7-21,28,35H,6,22-24H2,1-5H3,(H,40,44)/t28-,35+/m1/s1. The number of anilines is 1. The molecule has 4 rings (SSSR count). The summed E-state index contributed by atoms with van der Waals surface area (Å²) in [5.74, 6) is -0.886. The first-order valence-electron chi connectivity index (χ1n) is 15.5. The Kier molecular flexibility index (Phi) is 12.1. The van der Waals surface area contributed by atoms with Gasteiger partial charge in [0.2, 0.25) is 11.8 Å². The van der Waals surface area contributed by atoms with Crippen LogP contribution in [0.15, 0.2) is 95.9 Å². The minimum absolute atomic E-state index is 0.00749. The quantitative estimate of drug-likeness (QED) is 0.156. The van der Waals surface area contributed by atoms with Crippen molar-refractivity contribution in [3.63, 3.8) is 0 Å². The van der Waals surface area contributed by atoms with Crippen molar-refractivity contribution in [2.75, 3.05) is 10.8 Å². The summed E-state index contributed by atoms with van der Waals surface area (Å²) in [6.45, 7) is 8.93. The molecule has 0 fully saturated rings. The van der Waals surface area contributed by atoms with Crippen molar-refractivity contribution < 1.29 is 18.0 Å². The van der Waals surface area contributed by atoms with Gasteiger partial charge in [-0.15, -0.1) is 0 Å². The third kappa shape index (κ3) is 9.15. The number of rotatable bonds is 13. The zero-order valence-electron chi connectivity index (χ0n) is 27.3. The number of benzene rings is 4. The minimum Gasteiger partial charge on any atom is -0.352 e. The van der Waals surface area contributed by atoms with E-state index in [1.807, 2.05) is 77.1 Å². The molecule has 0 aliphatic heterocycles. The Hall–Kier alpha value is -3.85. The van der Waals surface area contributed by atoms with Gasteiger partial charge in [0, 0.05) is 19.0 Å². The largest absolute Gasteiger partial charge is 0.352 e. The molecule has 0 aliphatic carbocycles. The number of nitrogens with one attached hydrogen (secondary N) is 1. The molecule has 2 atom stereocenters. The Morgan fingerprint density at radius 1 is 0.809 bits per heavy atom. The highest BCUT2D eigenvalue weighted by Gasteiger charge is 2.35. The number of carbonyl (C=O) groups excluding carboxylic acids is 2. The molecule has 0 spiro atoms. The highest BCUT2D eigenvalue weighted by Crippen LogP contribution is 2.29. The molecule has 0 saturated heterocycles. The van der Waals surface area contributed by atoms with Crippen molar-refractivity contribution in [3.8, 4) is 0 Å². The van der Waals surface area contributed by atoms with Crippen LogP contribution in [0.3, 0.4) is 0 Å². The molecule has 2 amide bonds. The fraction of sp³-hybridized carbons (Fsp3) is 0.297. The van der Waals surface area contributed by atoms with E-state index in [1.54, 1.807) is 36.4 Å². The molecule has 0 saturated carbocycles. The second-order valence-corrected chi connectivity index (χ2v) is 14.6. The summed E-state index contributed by atoms with van der Waals surface area (Å²) in [7, 11) is -4.20. The Balaban J connectivity index is 1.85. The van der Waals surface area contributed by atoms with Crippen LogP contribution in [0.2, 0.25) is 10.0 Å². The summed E-state index contributed by atoms with van der Waals surface area (Å²) in [5.41, 5.74) is 4.42. The monoisotopic (exact) mass is 693 g/mol. The molecule has 1 N–H and O–H groups in total. The van der Waals surface area contributed by atoms with Gasteiger partial charge in [-0.25, -0.2) is 8.42 Å². The van der Waals surface area contributed by atoms with E-state index in [-0.39, 0.29) is 29.8 Å². The number of halogens is 2. The molecule has 0 unspecified atom stereocenters. The van der Waals surface area contributed by atoms with E-state index in [2.05, 4.69) is 5.32 Å². The molecule has 0 bridgehead atoms. The summed E-state index contributed by atoms with van der Waals surface area (Å²) in [5, 5.41) is 3.70. The maximum Gasteiger partial charge on any atom is 0.264 e. The topological polar surface area (TPSA) is 86.8 Å². The summed E-state index contributed by atoms with van der Waals surface area (Å²) < 4.78 is 29.7. The van der Waals surface area contributed by atoms with Crippen molar-refractivity contribution in [1.29, 1.82) is 0 Å². The normalized spacial score (nSPS) is 12.7. The van der Waals surface area contributed by atoms with Gasteiger partial charge in [0.05, 0.1) is 20.6 Å². The fourth-order valence-electron chi connectivity index (χ4n) is 5.27. The van der Waals surface area contributed by atoms with E-state index in [1.165, 1.54) is 17.0 Å². The highest BCUT2D eigenvalue weighted by atomic mass is 35.5. The first kappa shape index (κ1) is 36.0. The molecule has 0 radical (unpaired) electrons. The fourth-order valence-corrected chi connectivity index (χ4v) is 7.07. The average molecular weight is 695 g/mol.